The van der Waals surface area contributed by atoms with Crippen LogP contribution in [-0.4, -0.2) is 21.6 Å². The summed E-state index contributed by atoms with van der Waals surface area (Å²) in [5.74, 6) is -0.0478. The maximum Gasteiger partial charge on any atom is 0.263 e. The van der Waals surface area contributed by atoms with Crippen LogP contribution in [0.4, 0.5) is 0 Å². The quantitative estimate of drug-likeness (QED) is 0.848. The number of benzene rings is 2. The van der Waals surface area contributed by atoms with Crippen molar-refractivity contribution in [2.45, 2.75) is 13.5 Å². The van der Waals surface area contributed by atoms with Gasteiger partial charge in [0.2, 0.25) is 5.91 Å². The Labute approximate surface area is 152 Å². The van der Waals surface area contributed by atoms with Crippen LogP contribution in [0.15, 0.2) is 84.7 Å². The topological polar surface area (TPSA) is 40.6 Å². The van der Waals surface area contributed by atoms with Crippen molar-refractivity contribution in [3.63, 3.8) is 0 Å². The van der Waals surface area contributed by atoms with Crippen molar-refractivity contribution in [1.29, 1.82) is 0 Å². The van der Waals surface area contributed by atoms with Gasteiger partial charge < -0.3 is 4.90 Å². The second-order valence-electron chi connectivity index (χ2n) is 6.33. The second kappa shape index (κ2) is 6.48. The third-order valence-corrected chi connectivity index (χ3v) is 4.54. The Morgan fingerprint density at radius 1 is 1.04 bits per heavy atom. The molecule has 0 radical (unpaired) electrons. The van der Waals surface area contributed by atoms with Crippen molar-refractivity contribution < 1.29 is 9.59 Å². The molecule has 26 heavy (non-hydrogen) atoms. The van der Waals surface area contributed by atoms with Gasteiger partial charge in [-0.15, -0.1) is 0 Å². The van der Waals surface area contributed by atoms with E-state index in [1.54, 1.807) is 22.9 Å². The van der Waals surface area contributed by atoms with Gasteiger partial charge in [-0.25, -0.2) is 0 Å². The van der Waals surface area contributed by atoms with Gasteiger partial charge in [0.1, 0.15) is 0 Å². The molecule has 0 atom stereocenters. The fourth-order valence-corrected chi connectivity index (χ4v) is 3.21. The van der Waals surface area contributed by atoms with Crippen molar-refractivity contribution in [2.75, 3.05) is 0 Å². The maximum atomic E-state index is 12.5. The summed E-state index contributed by atoms with van der Waals surface area (Å²) in [6.45, 7) is 2.07. The number of nitrogens with zero attached hydrogens (tertiary/aromatic N) is 2. The van der Waals surface area contributed by atoms with Crippen LogP contribution in [0.3, 0.4) is 0 Å². The number of rotatable bonds is 3. The van der Waals surface area contributed by atoms with E-state index in [1.807, 2.05) is 72.9 Å². The van der Waals surface area contributed by atoms with Crippen LogP contribution in [0.2, 0.25) is 0 Å². The van der Waals surface area contributed by atoms with Crippen LogP contribution in [0.25, 0.3) is 5.70 Å². The number of carbonyl (C=O) groups excluding carboxylic acids is 2. The van der Waals surface area contributed by atoms with Gasteiger partial charge in [0.25, 0.3) is 5.91 Å². The number of fused-ring (bicyclic) bond motifs is 3. The molecule has 0 unspecified atom stereocenters. The Hall–Kier alpha value is -3.40. The minimum absolute atomic E-state index is 0.0186. The summed E-state index contributed by atoms with van der Waals surface area (Å²) in [5.41, 5.74) is 4.42. The monoisotopic (exact) mass is 342 g/mol. The molecule has 2 aliphatic rings. The van der Waals surface area contributed by atoms with E-state index in [0.29, 0.717) is 12.1 Å². The van der Waals surface area contributed by atoms with Crippen LogP contribution in [0.1, 0.15) is 28.4 Å². The van der Waals surface area contributed by atoms with E-state index in [1.165, 1.54) is 0 Å². The van der Waals surface area contributed by atoms with E-state index >= 15 is 0 Å². The van der Waals surface area contributed by atoms with Gasteiger partial charge in [-0.3, -0.25) is 14.5 Å². The number of hydrogen-bond donors (Lipinski definition) is 0. The molecule has 2 aromatic carbocycles. The normalized spacial score (nSPS) is 16.3. The van der Waals surface area contributed by atoms with Crippen molar-refractivity contribution in [3.05, 3.63) is 101 Å². The maximum absolute atomic E-state index is 12.5. The molecular formula is C22H18N2O2. The lowest BCUT2D eigenvalue weighted by Crippen LogP contribution is -2.23. The molecule has 0 aromatic heterocycles. The summed E-state index contributed by atoms with van der Waals surface area (Å²) in [6.07, 6.45) is 7.41. The Morgan fingerprint density at radius 2 is 1.73 bits per heavy atom. The van der Waals surface area contributed by atoms with Crippen molar-refractivity contribution >= 4 is 17.5 Å². The van der Waals surface area contributed by atoms with Gasteiger partial charge in [0.05, 0.1) is 12.2 Å². The van der Waals surface area contributed by atoms with E-state index in [9.17, 15) is 9.59 Å². The highest BCUT2D eigenvalue weighted by molar-refractivity contribution is 6.10. The zero-order valence-corrected chi connectivity index (χ0v) is 14.4. The largest absolute Gasteiger partial charge is 0.314 e. The first-order chi connectivity index (χ1) is 12.6. The Balaban J connectivity index is 1.67. The van der Waals surface area contributed by atoms with Gasteiger partial charge in [-0.1, -0.05) is 48.5 Å². The molecule has 0 saturated carbocycles. The Morgan fingerprint density at radius 3 is 2.46 bits per heavy atom. The fourth-order valence-electron chi connectivity index (χ4n) is 3.21. The molecule has 0 saturated heterocycles. The molecule has 0 spiro atoms. The van der Waals surface area contributed by atoms with Gasteiger partial charge in [-0.05, 0) is 29.4 Å². The highest BCUT2D eigenvalue weighted by Gasteiger charge is 2.31. The van der Waals surface area contributed by atoms with Crippen molar-refractivity contribution in [3.8, 4) is 0 Å². The fraction of sp³-hybridized carbons (Fsp3) is 0.0909. The molecule has 2 aliphatic heterocycles. The number of carbonyl (C=O) groups is 2. The lowest BCUT2D eigenvalue weighted by atomic mass is 10.1. The summed E-state index contributed by atoms with van der Waals surface area (Å²) in [6, 6.07) is 17.5. The molecule has 4 heteroatoms. The Kier molecular flexibility index (Phi) is 4.01. The summed E-state index contributed by atoms with van der Waals surface area (Å²) in [7, 11) is 0. The zero-order valence-electron chi connectivity index (χ0n) is 14.4. The van der Waals surface area contributed by atoms with Crippen molar-refractivity contribution in [1.82, 2.24) is 9.80 Å². The smallest absolute Gasteiger partial charge is 0.263 e. The standard InChI is InChI=1S/C22H18N2O2/c1-16(25)23(14-17-7-3-2-4-8-17)15-18-11-12-24-21(13-18)19-9-5-6-10-20(19)22(24)26/h2-13,15H,14H2,1H3. The molecule has 2 amide bonds. The summed E-state index contributed by atoms with van der Waals surface area (Å²) >= 11 is 0. The highest BCUT2D eigenvalue weighted by Crippen LogP contribution is 2.36. The lowest BCUT2D eigenvalue weighted by Gasteiger charge is -2.21. The summed E-state index contributed by atoms with van der Waals surface area (Å²) in [5, 5.41) is 0. The molecule has 0 fully saturated rings. The van der Waals surface area contributed by atoms with E-state index in [4.69, 9.17) is 0 Å². The molecule has 2 heterocycles. The van der Waals surface area contributed by atoms with Crippen LogP contribution >= 0.6 is 0 Å². The highest BCUT2D eigenvalue weighted by atomic mass is 16.2. The van der Waals surface area contributed by atoms with Gasteiger partial charge in [-0.2, -0.15) is 0 Å². The average molecular weight is 342 g/mol. The lowest BCUT2D eigenvalue weighted by molar-refractivity contribution is -0.126. The van der Waals surface area contributed by atoms with Crippen LogP contribution in [0.5, 0.6) is 0 Å². The minimum Gasteiger partial charge on any atom is -0.314 e. The molecule has 4 nitrogen and oxygen atoms in total. The number of amides is 2. The van der Waals surface area contributed by atoms with E-state index in [-0.39, 0.29) is 11.8 Å². The predicted molar refractivity (Wildman–Crippen MR) is 100 cm³/mol. The predicted octanol–water partition coefficient (Wildman–Crippen LogP) is 3.94. The molecule has 0 aliphatic carbocycles. The van der Waals surface area contributed by atoms with Crippen LogP contribution < -0.4 is 0 Å². The first-order valence-corrected chi connectivity index (χ1v) is 8.49. The van der Waals surface area contributed by atoms with E-state index in [0.717, 1.165) is 22.4 Å². The Bertz CT molecular complexity index is 971. The third-order valence-electron chi connectivity index (χ3n) is 4.54. The average Bonchev–Trinajstić information content (AvgIpc) is 2.94. The molecule has 2 aromatic rings. The molecule has 0 N–H and O–H groups in total. The third kappa shape index (κ3) is 2.86. The molecule has 128 valence electrons. The van der Waals surface area contributed by atoms with E-state index < -0.39 is 0 Å². The van der Waals surface area contributed by atoms with Gasteiger partial charge >= 0.3 is 0 Å². The van der Waals surface area contributed by atoms with Gasteiger partial charge in [0.15, 0.2) is 0 Å². The van der Waals surface area contributed by atoms with Gasteiger partial charge in [0, 0.05) is 30.5 Å². The van der Waals surface area contributed by atoms with E-state index in [2.05, 4.69) is 0 Å². The zero-order chi connectivity index (χ0) is 18.1. The summed E-state index contributed by atoms with van der Waals surface area (Å²) < 4.78 is 0. The number of allylic oxidation sites excluding steroid dienone is 3. The summed E-state index contributed by atoms with van der Waals surface area (Å²) in [4.78, 5) is 27.9. The van der Waals surface area contributed by atoms with Crippen LogP contribution in [-0.2, 0) is 11.3 Å². The minimum atomic E-state index is -0.0292. The first-order valence-electron chi connectivity index (χ1n) is 8.49. The SMILES string of the molecule is CC(=O)N(C=C1C=CN2C(=O)c3ccccc3C2=C1)Cc1ccccc1. The second-order valence-corrected chi connectivity index (χ2v) is 6.33. The molecule has 4 rings (SSSR count). The van der Waals surface area contributed by atoms with Crippen molar-refractivity contribution in [2.24, 2.45) is 0 Å². The molecule has 0 bridgehead atoms. The first kappa shape index (κ1) is 16.1. The van der Waals surface area contributed by atoms with Crippen LogP contribution in [0, 0.1) is 0 Å². The molecular weight excluding hydrogens is 324 g/mol. The number of hydrogen-bond acceptors (Lipinski definition) is 2.